The van der Waals surface area contributed by atoms with E-state index in [0.717, 1.165) is 10.0 Å². The minimum Gasteiger partial charge on any atom is -0.319 e. The van der Waals surface area contributed by atoms with Crippen molar-refractivity contribution in [1.82, 2.24) is 9.78 Å². The third-order valence-corrected chi connectivity index (χ3v) is 3.41. The van der Waals surface area contributed by atoms with Crippen LogP contribution in [-0.2, 0) is 0 Å². The SMILES string of the molecule is Cc1ccc(C(=O)Nc2cnn(C(C)C)c2)c(Br)c1. The van der Waals surface area contributed by atoms with Crippen molar-refractivity contribution in [2.45, 2.75) is 26.8 Å². The molecule has 2 aromatic rings. The Kier molecular flexibility index (Phi) is 4.04. The summed E-state index contributed by atoms with van der Waals surface area (Å²) in [5, 5.41) is 7.03. The van der Waals surface area contributed by atoms with Gasteiger partial charge < -0.3 is 5.32 Å². The monoisotopic (exact) mass is 321 g/mol. The summed E-state index contributed by atoms with van der Waals surface area (Å²) in [5.41, 5.74) is 2.42. The number of aryl methyl sites for hydroxylation is 1. The van der Waals surface area contributed by atoms with Gasteiger partial charge in [-0.3, -0.25) is 9.48 Å². The zero-order valence-corrected chi connectivity index (χ0v) is 12.7. The van der Waals surface area contributed by atoms with Crippen LogP contribution in [0.15, 0.2) is 35.1 Å². The van der Waals surface area contributed by atoms with Crippen LogP contribution in [0, 0.1) is 6.92 Å². The fraction of sp³-hybridized carbons (Fsp3) is 0.286. The van der Waals surface area contributed by atoms with Crippen LogP contribution in [-0.4, -0.2) is 15.7 Å². The van der Waals surface area contributed by atoms with E-state index in [1.807, 2.05) is 45.2 Å². The van der Waals surface area contributed by atoms with E-state index in [1.165, 1.54) is 0 Å². The largest absolute Gasteiger partial charge is 0.319 e. The standard InChI is InChI=1S/C14H16BrN3O/c1-9(2)18-8-11(7-16-18)17-14(19)12-5-4-10(3)6-13(12)15/h4-9H,1-3H3,(H,17,19). The summed E-state index contributed by atoms with van der Waals surface area (Å²) in [5.74, 6) is -0.143. The highest BCUT2D eigenvalue weighted by atomic mass is 79.9. The smallest absolute Gasteiger partial charge is 0.256 e. The molecule has 100 valence electrons. The van der Waals surface area contributed by atoms with Crippen LogP contribution in [0.5, 0.6) is 0 Å². The Balaban J connectivity index is 2.16. The number of hydrogen-bond donors (Lipinski definition) is 1. The minimum atomic E-state index is -0.143. The number of aromatic nitrogens is 2. The number of hydrogen-bond acceptors (Lipinski definition) is 2. The number of carbonyl (C=O) groups is 1. The third-order valence-electron chi connectivity index (χ3n) is 2.76. The van der Waals surface area contributed by atoms with Crippen LogP contribution < -0.4 is 5.32 Å². The first-order chi connectivity index (χ1) is 8.97. The van der Waals surface area contributed by atoms with Crippen LogP contribution >= 0.6 is 15.9 Å². The van der Waals surface area contributed by atoms with Crippen molar-refractivity contribution < 1.29 is 4.79 Å². The molecular formula is C14H16BrN3O. The number of anilines is 1. The first-order valence-corrected chi connectivity index (χ1v) is 6.88. The molecule has 1 amide bonds. The average molecular weight is 322 g/mol. The summed E-state index contributed by atoms with van der Waals surface area (Å²) >= 11 is 3.41. The van der Waals surface area contributed by atoms with Gasteiger partial charge in [0.05, 0.1) is 17.4 Å². The van der Waals surface area contributed by atoms with Crippen molar-refractivity contribution in [3.63, 3.8) is 0 Å². The first kappa shape index (κ1) is 13.8. The third kappa shape index (κ3) is 3.23. The molecule has 1 N–H and O–H groups in total. The van der Waals surface area contributed by atoms with Gasteiger partial charge in [0, 0.05) is 16.7 Å². The van der Waals surface area contributed by atoms with E-state index in [9.17, 15) is 4.79 Å². The van der Waals surface area contributed by atoms with Crippen molar-refractivity contribution in [2.24, 2.45) is 0 Å². The number of benzene rings is 1. The highest BCUT2D eigenvalue weighted by Crippen LogP contribution is 2.20. The molecule has 0 atom stereocenters. The topological polar surface area (TPSA) is 46.9 Å². The van der Waals surface area contributed by atoms with E-state index in [4.69, 9.17) is 0 Å². The summed E-state index contributed by atoms with van der Waals surface area (Å²) in [6.45, 7) is 6.06. The molecule has 0 unspecified atom stereocenters. The van der Waals surface area contributed by atoms with Gasteiger partial charge in [0.2, 0.25) is 0 Å². The minimum absolute atomic E-state index is 0.143. The van der Waals surface area contributed by atoms with Crippen LogP contribution in [0.1, 0.15) is 35.8 Å². The molecule has 0 saturated carbocycles. The Morgan fingerprint density at radius 1 is 1.42 bits per heavy atom. The molecule has 4 nitrogen and oxygen atoms in total. The van der Waals surface area contributed by atoms with Crippen molar-refractivity contribution in [3.05, 3.63) is 46.2 Å². The summed E-state index contributed by atoms with van der Waals surface area (Å²) in [6.07, 6.45) is 3.48. The fourth-order valence-corrected chi connectivity index (χ4v) is 2.36. The highest BCUT2D eigenvalue weighted by molar-refractivity contribution is 9.10. The van der Waals surface area contributed by atoms with Crippen molar-refractivity contribution >= 4 is 27.5 Å². The number of nitrogens with zero attached hydrogens (tertiary/aromatic N) is 2. The van der Waals surface area contributed by atoms with E-state index in [-0.39, 0.29) is 11.9 Å². The summed E-state index contributed by atoms with van der Waals surface area (Å²) in [4.78, 5) is 12.1. The van der Waals surface area contributed by atoms with Gasteiger partial charge in [0.25, 0.3) is 5.91 Å². The Morgan fingerprint density at radius 3 is 2.74 bits per heavy atom. The highest BCUT2D eigenvalue weighted by Gasteiger charge is 2.11. The van der Waals surface area contributed by atoms with Gasteiger partial charge >= 0.3 is 0 Å². The molecule has 0 spiro atoms. The summed E-state index contributed by atoms with van der Waals surface area (Å²) in [6, 6.07) is 5.92. The van der Waals surface area contributed by atoms with Crippen LogP contribution in [0.3, 0.4) is 0 Å². The summed E-state index contributed by atoms with van der Waals surface area (Å²) < 4.78 is 2.60. The van der Waals surface area contributed by atoms with Gasteiger partial charge in [-0.2, -0.15) is 5.10 Å². The lowest BCUT2D eigenvalue weighted by molar-refractivity contribution is 0.102. The first-order valence-electron chi connectivity index (χ1n) is 6.09. The zero-order chi connectivity index (χ0) is 14.0. The quantitative estimate of drug-likeness (QED) is 0.934. The Bertz CT molecular complexity index is 604. The van der Waals surface area contributed by atoms with E-state index in [2.05, 4.69) is 26.3 Å². The van der Waals surface area contributed by atoms with Crippen molar-refractivity contribution in [1.29, 1.82) is 0 Å². The number of amides is 1. The molecule has 1 aromatic carbocycles. The lowest BCUT2D eigenvalue weighted by Gasteiger charge is -2.06. The maximum absolute atomic E-state index is 12.1. The lowest BCUT2D eigenvalue weighted by atomic mass is 10.1. The molecular weight excluding hydrogens is 306 g/mol. The normalized spacial score (nSPS) is 10.8. The molecule has 1 heterocycles. The average Bonchev–Trinajstić information content (AvgIpc) is 2.77. The van der Waals surface area contributed by atoms with E-state index < -0.39 is 0 Å². The fourth-order valence-electron chi connectivity index (χ4n) is 1.69. The molecule has 0 aliphatic rings. The van der Waals surface area contributed by atoms with E-state index in [1.54, 1.807) is 10.9 Å². The predicted molar refractivity (Wildman–Crippen MR) is 79.4 cm³/mol. The summed E-state index contributed by atoms with van der Waals surface area (Å²) in [7, 11) is 0. The predicted octanol–water partition coefficient (Wildman–Crippen LogP) is 3.79. The second-order valence-corrected chi connectivity index (χ2v) is 5.59. The molecule has 0 fully saturated rings. The van der Waals surface area contributed by atoms with E-state index in [0.29, 0.717) is 11.3 Å². The Hall–Kier alpha value is -1.62. The van der Waals surface area contributed by atoms with Gasteiger partial charge in [-0.15, -0.1) is 0 Å². The molecule has 0 saturated heterocycles. The number of nitrogens with one attached hydrogen (secondary N) is 1. The number of rotatable bonds is 3. The van der Waals surface area contributed by atoms with Crippen molar-refractivity contribution in [2.75, 3.05) is 5.32 Å². The van der Waals surface area contributed by atoms with Gasteiger partial charge in [-0.1, -0.05) is 6.07 Å². The molecule has 2 rings (SSSR count). The van der Waals surface area contributed by atoms with Crippen LogP contribution in [0.25, 0.3) is 0 Å². The number of halogens is 1. The second kappa shape index (κ2) is 5.57. The molecule has 0 bridgehead atoms. The van der Waals surface area contributed by atoms with Gasteiger partial charge in [-0.25, -0.2) is 0 Å². The van der Waals surface area contributed by atoms with Gasteiger partial charge in [-0.05, 0) is 54.4 Å². The maximum Gasteiger partial charge on any atom is 0.256 e. The lowest BCUT2D eigenvalue weighted by Crippen LogP contribution is -2.12. The van der Waals surface area contributed by atoms with Gasteiger partial charge in [0.15, 0.2) is 0 Å². The number of carbonyl (C=O) groups excluding carboxylic acids is 1. The van der Waals surface area contributed by atoms with Crippen LogP contribution in [0.4, 0.5) is 5.69 Å². The van der Waals surface area contributed by atoms with Crippen molar-refractivity contribution in [3.8, 4) is 0 Å². The van der Waals surface area contributed by atoms with Gasteiger partial charge in [0.1, 0.15) is 0 Å². The molecule has 5 heteroatoms. The molecule has 0 aliphatic heterocycles. The zero-order valence-electron chi connectivity index (χ0n) is 11.1. The van der Waals surface area contributed by atoms with E-state index >= 15 is 0 Å². The second-order valence-electron chi connectivity index (χ2n) is 4.74. The molecule has 0 radical (unpaired) electrons. The Morgan fingerprint density at radius 2 is 2.16 bits per heavy atom. The molecule has 0 aliphatic carbocycles. The maximum atomic E-state index is 12.1. The molecule has 19 heavy (non-hydrogen) atoms. The molecule has 1 aromatic heterocycles. The Labute approximate surface area is 120 Å². The van der Waals surface area contributed by atoms with Crippen LogP contribution in [0.2, 0.25) is 0 Å².